The van der Waals surface area contributed by atoms with Gasteiger partial charge >= 0.3 is 0 Å². The first-order valence-corrected chi connectivity index (χ1v) is 3.04. The van der Waals surface area contributed by atoms with Gasteiger partial charge in [0, 0.05) is 39.0 Å². The van der Waals surface area contributed by atoms with Gasteiger partial charge in [-0.3, -0.25) is 5.56 Å². The Hall–Kier alpha value is 0.397. The summed E-state index contributed by atoms with van der Waals surface area (Å²) < 4.78 is 0. The minimum Gasteiger partial charge on any atom is -0.434 e. The van der Waals surface area contributed by atoms with E-state index in [1.54, 1.807) is 6.20 Å². The Labute approximate surface area is 93.5 Å². The van der Waals surface area contributed by atoms with Crippen LogP contribution in [0.1, 0.15) is 25.3 Å². The fraction of sp³-hybridized carbons (Fsp3) is 0.375. The summed E-state index contributed by atoms with van der Waals surface area (Å²) >= 11 is 0. The third-order valence-electron chi connectivity index (χ3n) is 1.19. The molecule has 0 aliphatic rings. The summed E-state index contributed by atoms with van der Waals surface area (Å²) in [4.78, 5) is 3.83. The molecule has 0 saturated carbocycles. The van der Waals surface area contributed by atoms with Crippen LogP contribution in [-0.4, -0.2) is 4.98 Å². The van der Waals surface area contributed by atoms with Crippen molar-refractivity contribution >= 4 is 0 Å². The van der Waals surface area contributed by atoms with Crippen LogP contribution in [0.2, 0.25) is 0 Å². The molecule has 0 fully saturated rings. The fourth-order valence-corrected chi connectivity index (χ4v) is 0.599. The van der Waals surface area contributed by atoms with Gasteiger partial charge < -0.3 is 17.1 Å². The van der Waals surface area contributed by atoms with Gasteiger partial charge in [-0.2, -0.15) is 12.4 Å². The fourth-order valence-electron chi connectivity index (χ4n) is 0.599. The second-order valence-corrected chi connectivity index (χ2v) is 2.29. The Morgan fingerprint density at radius 1 is 1.36 bits per heavy atom. The second-order valence-electron chi connectivity index (χ2n) is 2.29. The van der Waals surface area contributed by atoms with Gasteiger partial charge in [-0.05, 0) is 0 Å². The molecule has 2 radical (unpaired) electrons. The number of hydrogen-bond acceptors (Lipinski definition) is 1. The molecule has 1 aromatic heterocycles. The van der Waals surface area contributed by atoms with E-state index in [0.29, 0.717) is 5.92 Å². The van der Waals surface area contributed by atoms with Crippen molar-refractivity contribution in [2.24, 2.45) is 0 Å². The molecule has 0 N–H and O–H groups in total. The molecule has 0 atom stereocenters. The van der Waals surface area contributed by atoms with Crippen LogP contribution in [0.25, 0.3) is 0 Å². The number of pyridine rings is 1. The molecule has 1 rings (SSSR count). The maximum absolute atomic E-state index is 3.83. The largest absolute Gasteiger partial charge is 0.434 e. The van der Waals surface area contributed by atoms with Crippen LogP contribution in [0, 0.1) is 12.3 Å². The molecule has 0 unspecified atom stereocenters. The van der Waals surface area contributed by atoms with Crippen LogP contribution < -0.4 is 0 Å². The summed E-state index contributed by atoms with van der Waals surface area (Å²) in [5.74, 6) is 0.509. The molecular weight excluding hydrogens is 316 g/mol. The Morgan fingerprint density at radius 3 is 2.27 bits per heavy atom. The zero-order valence-corrected chi connectivity index (χ0v) is 9.62. The predicted molar refractivity (Wildman–Crippen MR) is 36.0 cm³/mol. The van der Waals surface area contributed by atoms with Crippen molar-refractivity contribution in [1.29, 1.82) is 0 Å². The van der Waals surface area contributed by atoms with Gasteiger partial charge in [-0.1, -0.05) is 13.8 Å². The molecule has 0 aliphatic carbocycles. The van der Waals surface area contributed by atoms with Crippen LogP contribution in [0.4, 0.5) is 0 Å². The van der Waals surface area contributed by atoms with Gasteiger partial charge in [-0.25, -0.2) is 0 Å². The number of nitrogens with zero attached hydrogens (tertiary/aromatic N) is 1. The standard InChI is InChI=1S/C8H9N.2Rh/c1-7(2)8-4-3-5-9-6-8;;/h4-5,7H,1-2H3;;/q-2;;. The first-order valence-electron chi connectivity index (χ1n) is 3.04. The molecular formula is C8H9NRh2-2. The minimum absolute atomic E-state index is 0. The van der Waals surface area contributed by atoms with Crippen LogP contribution in [0.5, 0.6) is 0 Å². The molecule has 3 heteroatoms. The second kappa shape index (κ2) is 7.07. The zero-order valence-electron chi connectivity index (χ0n) is 6.35. The van der Waals surface area contributed by atoms with E-state index in [-0.39, 0.29) is 39.0 Å². The van der Waals surface area contributed by atoms with E-state index in [1.807, 2.05) is 6.07 Å². The molecule has 1 nitrogen and oxygen atoms in total. The Morgan fingerprint density at radius 2 is 2.00 bits per heavy atom. The van der Waals surface area contributed by atoms with Crippen LogP contribution in [0.15, 0.2) is 12.3 Å². The van der Waals surface area contributed by atoms with E-state index >= 15 is 0 Å². The van der Waals surface area contributed by atoms with Crippen LogP contribution >= 0.6 is 0 Å². The maximum atomic E-state index is 3.83. The first-order chi connectivity index (χ1) is 4.30. The van der Waals surface area contributed by atoms with E-state index in [9.17, 15) is 0 Å². The molecule has 0 amide bonds. The van der Waals surface area contributed by atoms with E-state index in [4.69, 9.17) is 0 Å². The number of rotatable bonds is 1. The summed E-state index contributed by atoms with van der Waals surface area (Å²) in [5.41, 5.74) is 1.12. The predicted octanol–water partition coefficient (Wildman–Crippen LogP) is 1.80. The SMILES string of the molecule is CC(C)c1[c-]nc[c-]c1.[Rh].[Rh]. The Kier molecular flexibility index (Phi) is 8.96. The van der Waals surface area contributed by atoms with Gasteiger partial charge in [0.05, 0.1) is 0 Å². The molecule has 0 spiro atoms. The van der Waals surface area contributed by atoms with Gasteiger partial charge in [0.25, 0.3) is 0 Å². The molecule has 1 aromatic rings. The first kappa shape index (κ1) is 14.0. The Balaban J connectivity index is 0. The van der Waals surface area contributed by atoms with Gasteiger partial charge in [0.2, 0.25) is 0 Å². The van der Waals surface area contributed by atoms with Crippen molar-refractivity contribution in [2.75, 3.05) is 0 Å². The van der Waals surface area contributed by atoms with E-state index < -0.39 is 0 Å². The van der Waals surface area contributed by atoms with E-state index in [0.717, 1.165) is 5.56 Å². The summed E-state index contributed by atoms with van der Waals surface area (Å²) in [6.45, 7) is 4.22. The molecule has 0 bridgehead atoms. The monoisotopic (exact) mass is 325 g/mol. The van der Waals surface area contributed by atoms with Crippen LogP contribution in [-0.2, 0) is 39.0 Å². The topological polar surface area (TPSA) is 12.9 Å². The third kappa shape index (κ3) is 4.77. The van der Waals surface area contributed by atoms with Gasteiger partial charge in [0.15, 0.2) is 0 Å². The Bertz CT molecular complexity index is 175. The molecule has 0 aromatic carbocycles. The van der Waals surface area contributed by atoms with Crippen molar-refractivity contribution in [1.82, 2.24) is 4.98 Å². The summed E-state index contributed by atoms with van der Waals surface area (Å²) in [6, 6.07) is 4.81. The summed E-state index contributed by atoms with van der Waals surface area (Å²) in [6.07, 6.45) is 4.50. The molecule has 1 heterocycles. The van der Waals surface area contributed by atoms with Crippen molar-refractivity contribution in [3.05, 3.63) is 30.1 Å². The molecule has 0 saturated heterocycles. The van der Waals surface area contributed by atoms with Crippen LogP contribution in [0.3, 0.4) is 0 Å². The average Bonchev–Trinajstić information content (AvgIpc) is 1.90. The van der Waals surface area contributed by atoms with Crippen molar-refractivity contribution in [3.63, 3.8) is 0 Å². The summed E-state index contributed by atoms with van der Waals surface area (Å²) in [7, 11) is 0. The quantitative estimate of drug-likeness (QED) is 0.567. The van der Waals surface area contributed by atoms with Crippen molar-refractivity contribution in [3.8, 4) is 0 Å². The number of hydrogen-bond donors (Lipinski definition) is 0. The number of aromatic nitrogens is 1. The minimum atomic E-state index is 0. The molecule has 0 aliphatic heterocycles. The summed E-state index contributed by atoms with van der Waals surface area (Å²) in [5, 5.41) is 0. The molecule has 11 heavy (non-hydrogen) atoms. The normalized spacial score (nSPS) is 8.27. The van der Waals surface area contributed by atoms with Gasteiger partial charge in [-0.15, -0.1) is 5.92 Å². The van der Waals surface area contributed by atoms with E-state index in [1.165, 1.54) is 0 Å². The smallest absolute Gasteiger partial charge is 0 e. The van der Waals surface area contributed by atoms with Crippen molar-refractivity contribution in [2.45, 2.75) is 19.8 Å². The van der Waals surface area contributed by atoms with Gasteiger partial charge in [0.1, 0.15) is 0 Å². The van der Waals surface area contributed by atoms with Crippen molar-refractivity contribution < 1.29 is 39.0 Å². The molecule has 66 valence electrons. The maximum Gasteiger partial charge on any atom is 0 e. The third-order valence-corrected chi connectivity index (χ3v) is 1.19. The van der Waals surface area contributed by atoms with E-state index in [2.05, 4.69) is 31.1 Å². The average molecular weight is 325 g/mol. The zero-order chi connectivity index (χ0) is 6.69.